The van der Waals surface area contributed by atoms with Gasteiger partial charge in [0.15, 0.2) is 0 Å². The highest BCUT2D eigenvalue weighted by atomic mass is 19.3. The summed E-state index contributed by atoms with van der Waals surface area (Å²) in [7, 11) is 0. The van der Waals surface area contributed by atoms with E-state index in [-0.39, 0.29) is 12.6 Å². The Morgan fingerprint density at radius 3 is 2.62 bits per heavy atom. The van der Waals surface area contributed by atoms with Crippen LogP contribution in [0.2, 0.25) is 0 Å². The van der Waals surface area contributed by atoms with Crippen molar-refractivity contribution in [3.63, 3.8) is 0 Å². The summed E-state index contributed by atoms with van der Waals surface area (Å²) in [6.45, 7) is -0.238. The van der Waals surface area contributed by atoms with E-state index >= 15 is 0 Å². The predicted molar refractivity (Wildman–Crippen MR) is 47.5 cm³/mol. The quantitative estimate of drug-likeness (QED) is 0.487. The largest absolute Gasteiger partial charge is 0.375 e. The molecule has 1 atom stereocenters. The van der Waals surface area contributed by atoms with Gasteiger partial charge in [-0.1, -0.05) is 0 Å². The zero-order valence-electron chi connectivity index (χ0n) is 7.51. The number of terminal acetylenes is 1. The van der Waals surface area contributed by atoms with Crippen molar-refractivity contribution in [2.45, 2.75) is 31.7 Å². The van der Waals surface area contributed by atoms with Crippen molar-refractivity contribution in [3.8, 4) is 12.3 Å². The average Bonchev–Trinajstić information content (AvgIpc) is 2.08. The zero-order valence-corrected chi connectivity index (χ0v) is 7.51. The van der Waals surface area contributed by atoms with Crippen LogP contribution in [0.1, 0.15) is 19.3 Å². The molecule has 0 aromatic heterocycles. The maximum atomic E-state index is 11.6. The molecule has 4 heteroatoms. The Kier molecular flexibility index (Phi) is 7.56. The number of alkyl halides is 2. The summed E-state index contributed by atoms with van der Waals surface area (Å²) in [4.78, 5) is 0. The van der Waals surface area contributed by atoms with E-state index in [1.165, 1.54) is 0 Å². The summed E-state index contributed by atoms with van der Waals surface area (Å²) in [5.41, 5.74) is 5.61. The fourth-order valence-electron chi connectivity index (χ4n) is 0.820. The first kappa shape index (κ1) is 12.3. The van der Waals surface area contributed by atoms with E-state index in [0.29, 0.717) is 19.3 Å². The van der Waals surface area contributed by atoms with Crippen molar-refractivity contribution in [2.75, 3.05) is 13.2 Å². The van der Waals surface area contributed by atoms with Gasteiger partial charge >= 0.3 is 0 Å². The van der Waals surface area contributed by atoms with E-state index in [1.54, 1.807) is 0 Å². The zero-order chi connectivity index (χ0) is 10.1. The van der Waals surface area contributed by atoms with Crippen LogP contribution in [0.15, 0.2) is 0 Å². The minimum atomic E-state index is -2.40. The Balaban J connectivity index is 3.17. The standard InChI is InChI=1S/C9H15F2NO/c1-2-3-4-8(12)5-6-13-7-9(10)11/h1,8-9H,3-7,12H2. The molecule has 0 aliphatic heterocycles. The highest BCUT2D eigenvalue weighted by Crippen LogP contribution is 1.99. The van der Waals surface area contributed by atoms with Crippen molar-refractivity contribution in [1.82, 2.24) is 0 Å². The van der Waals surface area contributed by atoms with Crippen LogP contribution in [0.4, 0.5) is 8.78 Å². The lowest BCUT2D eigenvalue weighted by molar-refractivity contribution is 0.0151. The number of rotatable bonds is 7. The van der Waals surface area contributed by atoms with Gasteiger partial charge in [-0.2, -0.15) is 0 Å². The van der Waals surface area contributed by atoms with Gasteiger partial charge in [0.05, 0.1) is 0 Å². The van der Waals surface area contributed by atoms with Gasteiger partial charge in [-0.3, -0.25) is 0 Å². The van der Waals surface area contributed by atoms with Crippen LogP contribution < -0.4 is 5.73 Å². The molecule has 0 radical (unpaired) electrons. The fourth-order valence-corrected chi connectivity index (χ4v) is 0.820. The molecule has 0 aliphatic carbocycles. The van der Waals surface area contributed by atoms with Gasteiger partial charge in [0, 0.05) is 19.1 Å². The third-order valence-electron chi connectivity index (χ3n) is 1.54. The van der Waals surface area contributed by atoms with Crippen LogP contribution in [0, 0.1) is 12.3 Å². The van der Waals surface area contributed by atoms with Crippen LogP contribution in [-0.4, -0.2) is 25.7 Å². The van der Waals surface area contributed by atoms with Gasteiger partial charge in [0.2, 0.25) is 0 Å². The van der Waals surface area contributed by atoms with Crippen LogP contribution in [0.3, 0.4) is 0 Å². The van der Waals surface area contributed by atoms with Gasteiger partial charge in [0.25, 0.3) is 6.43 Å². The van der Waals surface area contributed by atoms with Crippen molar-refractivity contribution < 1.29 is 13.5 Å². The molecule has 0 rings (SSSR count). The molecule has 0 fully saturated rings. The summed E-state index contributed by atoms with van der Waals surface area (Å²) in [5.74, 6) is 2.47. The Morgan fingerprint density at radius 1 is 1.38 bits per heavy atom. The summed E-state index contributed by atoms with van der Waals surface area (Å²) >= 11 is 0. The molecular weight excluding hydrogens is 176 g/mol. The van der Waals surface area contributed by atoms with E-state index in [0.717, 1.165) is 0 Å². The Hall–Kier alpha value is -0.660. The van der Waals surface area contributed by atoms with Crippen LogP contribution in [0.5, 0.6) is 0 Å². The molecule has 0 amide bonds. The van der Waals surface area contributed by atoms with Crippen LogP contribution in [-0.2, 0) is 4.74 Å². The monoisotopic (exact) mass is 191 g/mol. The molecule has 13 heavy (non-hydrogen) atoms. The SMILES string of the molecule is C#CCCC(N)CCOCC(F)F. The van der Waals surface area contributed by atoms with Gasteiger partial charge in [-0.15, -0.1) is 12.3 Å². The fraction of sp³-hybridized carbons (Fsp3) is 0.778. The van der Waals surface area contributed by atoms with Gasteiger partial charge in [0.1, 0.15) is 6.61 Å². The minimum absolute atomic E-state index is 0.0475. The molecule has 0 aromatic carbocycles. The maximum absolute atomic E-state index is 11.6. The summed E-state index contributed by atoms with van der Waals surface area (Å²) < 4.78 is 27.8. The molecular formula is C9H15F2NO. The van der Waals surface area contributed by atoms with Gasteiger partial charge in [-0.05, 0) is 12.8 Å². The number of hydrogen-bond donors (Lipinski definition) is 1. The van der Waals surface area contributed by atoms with E-state index in [1.807, 2.05) is 0 Å². The summed E-state index contributed by atoms with van der Waals surface area (Å²) in [5, 5.41) is 0. The van der Waals surface area contributed by atoms with Crippen LogP contribution >= 0.6 is 0 Å². The normalized spacial score (nSPS) is 12.8. The first-order chi connectivity index (χ1) is 6.16. The molecule has 0 aromatic rings. The molecule has 2 N–H and O–H groups in total. The number of hydrogen-bond acceptors (Lipinski definition) is 2. The lowest BCUT2D eigenvalue weighted by Gasteiger charge is -2.09. The van der Waals surface area contributed by atoms with Crippen molar-refractivity contribution in [3.05, 3.63) is 0 Å². The second-order valence-electron chi connectivity index (χ2n) is 2.76. The lowest BCUT2D eigenvalue weighted by Crippen LogP contribution is -2.22. The maximum Gasteiger partial charge on any atom is 0.261 e. The highest BCUT2D eigenvalue weighted by Gasteiger charge is 2.04. The topological polar surface area (TPSA) is 35.2 Å². The van der Waals surface area contributed by atoms with E-state index in [4.69, 9.17) is 12.2 Å². The van der Waals surface area contributed by atoms with Gasteiger partial charge < -0.3 is 10.5 Å². The van der Waals surface area contributed by atoms with E-state index in [2.05, 4.69) is 10.7 Å². The second-order valence-corrected chi connectivity index (χ2v) is 2.76. The second kappa shape index (κ2) is 7.96. The molecule has 0 aliphatic rings. The van der Waals surface area contributed by atoms with Crippen molar-refractivity contribution >= 4 is 0 Å². The Labute approximate surface area is 77.4 Å². The molecule has 1 unspecified atom stereocenters. The summed E-state index contributed by atoms with van der Waals surface area (Å²) in [6, 6.07) is -0.0475. The summed E-state index contributed by atoms with van der Waals surface area (Å²) in [6.07, 6.45) is 4.55. The van der Waals surface area contributed by atoms with Crippen molar-refractivity contribution in [1.29, 1.82) is 0 Å². The van der Waals surface area contributed by atoms with E-state index < -0.39 is 13.0 Å². The molecule has 0 saturated carbocycles. The van der Waals surface area contributed by atoms with E-state index in [9.17, 15) is 8.78 Å². The average molecular weight is 191 g/mol. The Morgan fingerprint density at radius 2 is 2.08 bits per heavy atom. The molecule has 76 valence electrons. The molecule has 2 nitrogen and oxygen atoms in total. The minimum Gasteiger partial charge on any atom is -0.375 e. The van der Waals surface area contributed by atoms with Crippen molar-refractivity contribution in [2.24, 2.45) is 5.73 Å². The predicted octanol–water partition coefficient (Wildman–Crippen LogP) is 1.40. The third-order valence-corrected chi connectivity index (χ3v) is 1.54. The number of ether oxygens (including phenoxy) is 1. The third kappa shape index (κ3) is 9.25. The number of halogens is 2. The smallest absolute Gasteiger partial charge is 0.261 e. The molecule has 0 spiro atoms. The van der Waals surface area contributed by atoms with Gasteiger partial charge in [-0.25, -0.2) is 8.78 Å². The van der Waals surface area contributed by atoms with Crippen LogP contribution in [0.25, 0.3) is 0 Å². The molecule has 0 bridgehead atoms. The number of nitrogens with two attached hydrogens (primary N) is 1. The highest BCUT2D eigenvalue weighted by molar-refractivity contribution is 4.84. The lowest BCUT2D eigenvalue weighted by atomic mass is 10.1. The Bertz CT molecular complexity index is 156. The molecule has 0 saturated heterocycles. The first-order valence-corrected chi connectivity index (χ1v) is 4.21. The first-order valence-electron chi connectivity index (χ1n) is 4.21. The molecule has 0 heterocycles.